The average Bonchev–Trinajstić information content (AvgIpc) is 3.40. The van der Waals surface area contributed by atoms with Crippen molar-refractivity contribution in [1.82, 2.24) is 5.32 Å². The van der Waals surface area contributed by atoms with Crippen LogP contribution >= 0.6 is 0 Å². The standard InChI is InChI=1S/C66H131NO7/c1-4-7-10-13-16-19-22-25-27-29-31-33-35-37-39-41-44-47-50-53-56-61(69)65(72)67-60(59-68)64(71)63(58-55-52-49-46-43-24-21-18-15-12-9-6-3)74-66(73)62(70)57-54-51-48-45-42-40-38-36-34-32-30-28-26-23-20-17-14-11-8-5-2/h60-64,68-71H,4-59H2,1-3H3,(H,67,72). The minimum absolute atomic E-state index is 0.311. The van der Waals surface area contributed by atoms with Gasteiger partial charge in [-0.15, -0.1) is 0 Å². The molecule has 74 heavy (non-hydrogen) atoms. The molecule has 442 valence electrons. The van der Waals surface area contributed by atoms with E-state index in [0.717, 1.165) is 64.2 Å². The summed E-state index contributed by atoms with van der Waals surface area (Å²) < 4.78 is 5.80. The van der Waals surface area contributed by atoms with Crippen LogP contribution in [-0.2, 0) is 14.3 Å². The normalized spacial score (nSPS) is 13.8. The molecule has 5 atom stereocenters. The first-order valence-corrected chi connectivity index (χ1v) is 33.5. The van der Waals surface area contributed by atoms with Crippen molar-refractivity contribution in [3.05, 3.63) is 0 Å². The van der Waals surface area contributed by atoms with Crippen LogP contribution in [0.3, 0.4) is 0 Å². The first kappa shape index (κ1) is 72.8. The Bertz CT molecular complexity index is 1120. The van der Waals surface area contributed by atoms with E-state index in [2.05, 4.69) is 26.1 Å². The van der Waals surface area contributed by atoms with E-state index >= 15 is 0 Å². The zero-order valence-electron chi connectivity index (χ0n) is 50.0. The lowest BCUT2D eigenvalue weighted by atomic mass is 9.98. The number of esters is 1. The van der Waals surface area contributed by atoms with Crippen LogP contribution in [0.4, 0.5) is 0 Å². The summed E-state index contributed by atoms with van der Waals surface area (Å²) in [6.07, 6.45) is 62.1. The van der Waals surface area contributed by atoms with Crippen molar-refractivity contribution in [2.24, 2.45) is 0 Å². The molecule has 0 aliphatic carbocycles. The van der Waals surface area contributed by atoms with Crippen LogP contribution in [0.5, 0.6) is 0 Å². The van der Waals surface area contributed by atoms with Crippen LogP contribution < -0.4 is 5.32 Å². The molecular weight excluding hydrogens is 919 g/mol. The van der Waals surface area contributed by atoms with Crippen molar-refractivity contribution in [2.45, 2.75) is 404 Å². The fourth-order valence-electron chi connectivity index (χ4n) is 10.9. The van der Waals surface area contributed by atoms with Gasteiger partial charge in [0.15, 0.2) is 6.10 Å². The van der Waals surface area contributed by atoms with E-state index in [-0.39, 0.29) is 0 Å². The Morgan fingerprint density at radius 2 is 0.541 bits per heavy atom. The van der Waals surface area contributed by atoms with Gasteiger partial charge < -0.3 is 30.5 Å². The molecule has 0 heterocycles. The van der Waals surface area contributed by atoms with Crippen molar-refractivity contribution in [1.29, 1.82) is 0 Å². The topological polar surface area (TPSA) is 136 Å². The highest BCUT2D eigenvalue weighted by Gasteiger charge is 2.33. The number of aliphatic hydroxyl groups excluding tert-OH is 4. The summed E-state index contributed by atoms with van der Waals surface area (Å²) in [6, 6.07) is -1.11. The van der Waals surface area contributed by atoms with Crippen LogP contribution in [0.15, 0.2) is 0 Å². The van der Waals surface area contributed by atoms with Gasteiger partial charge in [0.2, 0.25) is 5.91 Å². The molecule has 1 amide bonds. The number of rotatable bonds is 62. The highest BCUT2D eigenvalue weighted by molar-refractivity contribution is 5.80. The van der Waals surface area contributed by atoms with E-state index in [1.165, 1.54) is 270 Å². The van der Waals surface area contributed by atoms with Crippen LogP contribution in [0.1, 0.15) is 374 Å². The van der Waals surface area contributed by atoms with Gasteiger partial charge in [0, 0.05) is 0 Å². The van der Waals surface area contributed by atoms with Gasteiger partial charge in [-0.1, -0.05) is 348 Å². The molecule has 0 fully saturated rings. The van der Waals surface area contributed by atoms with Gasteiger partial charge in [0.25, 0.3) is 0 Å². The maximum absolute atomic E-state index is 13.2. The minimum Gasteiger partial charge on any atom is -0.458 e. The molecule has 0 aromatic heterocycles. The Morgan fingerprint density at radius 1 is 0.324 bits per heavy atom. The van der Waals surface area contributed by atoms with E-state index in [0.29, 0.717) is 19.3 Å². The SMILES string of the molecule is CCCCCCCCCCCCCCCCCCCCCCC(O)C(=O)NC(CO)C(O)C(CCCCCCCCCCCCCC)OC(=O)C(O)CCCCCCCCCCCCCCCCCCCCCC. The van der Waals surface area contributed by atoms with Crippen molar-refractivity contribution in [3.8, 4) is 0 Å². The molecule has 0 saturated heterocycles. The van der Waals surface area contributed by atoms with Gasteiger partial charge >= 0.3 is 5.97 Å². The van der Waals surface area contributed by atoms with Gasteiger partial charge in [0.1, 0.15) is 18.3 Å². The Morgan fingerprint density at radius 3 is 0.784 bits per heavy atom. The van der Waals surface area contributed by atoms with Crippen molar-refractivity contribution < 1.29 is 34.8 Å². The average molecular weight is 1050 g/mol. The van der Waals surface area contributed by atoms with Crippen LogP contribution in [0, 0.1) is 0 Å². The summed E-state index contributed by atoms with van der Waals surface area (Å²) in [5, 5.41) is 46.1. The predicted molar refractivity (Wildman–Crippen MR) is 318 cm³/mol. The maximum atomic E-state index is 13.2. The van der Waals surface area contributed by atoms with E-state index in [4.69, 9.17) is 4.74 Å². The first-order chi connectivity index (χ1) is 36.3. The third-order valence-corrected chi connectivity index (χ3v) is 16.2. The van der Waals surface area contributed by atoms with Crippen LogP contribution in [-0.4, -0.2) is 69.4 Å². The Hall–Kier alpha value is -1.22. The van der Waals surface area contributed by atoms with Gasteiger partial charge in [-0.3, -0.25) is 4.79 Å². The number of ether oxygens (including phenoxy) is 1. The second kappa shape index (κ2) is 59.4. The zero-order chi connectivity index (χ0) is 54.1. The fraction of sp³-hybridized carbons (Fsp3) is 0.970. The number of carbonyl (C=O) groups excluding carboxylic acids is 2. The second-order valence-corrected chi connectivity index (χ2v) is 23.5. The van der Waals surface area contributed by atoms with Crippen LogP contribution in [0.25, 0.3) is 0 Å². The molecular formula is C66H131NO7. The molecule has 0 radical (unpaired) electrons. The highest BCUT2D eigenvalue weighted by atomic mass is 16.6. The Balaban J connectivity index is 4.54. The van der Waals surface area contributed by atoms with Crippen molar-refractivity contribution in [3.63, 3.8) is 0 Å². The van der Waals surface area contributed by atoms with Crippen molar-refractivity contribution in [2.75, 3.05) is 6.61 Å². The van der Waals surface area contributed by atoms with Gasteiger partial charge in [-0.05, 0) is 25.7 Å². The minimum atomic E-state index is -1.38. The largest absolute Gasteiger partial charge is 0.458 e. The molecule has 0 aliphatic rings. The number of hydrogen-bond acceptors (Lipinski definition) is 7. The lowest BCUT2D eigenvalue weighted by Gasteiger charge is -2.30. The molecule has 8 nitrogen and oxygen atoms in total. The van der Waals surface area contributed by atoms with E-state index in [1.54, 1.807) is 0 Å². The molecule has 8 heteroatoms. The number of amides is 1. The number of hydrogen-bond donors (Lipinski definition) is 5. The summed E-state index contributed by atoms with van der Waals surface area (Å²) in [5.41, 5.74) is 0. The summed E-state index contributed by atoms with van der Waals surface area (Å²) >= 11 is 0. The molecule has 0 aromatic rings. The van der Waals surface area contributed by atoms with Crippen molar-refractivity contribution >= 4 is 11.9 Å². The lowest BCUT2D eigenvalue weighted by molar-refractivity contribution is -0.168. The van der Waals surface area contributed by atoms with Gasteiger partial charge in [-0.25, -0.2) is 4.79 Å². The third-order valence-electron chi connectivity index (χ3n) is 16.2. The quantitative estimate of drug-likeness (QED) is 0.0302. The van der Waals surface area contributed by atoms with E-state index in [9.17, 15) is 30.0 Å². The summed E-state index contributed by atoms with van der Waals surface area (Å²) in [4.78, 5) is 26.3. The third kappa shape index (κ3) is 50.3. The van der Waals surface area contributed by atoms with Gasteiger partial charge in [-0.2, -0.15) is 0 Å². The van der Waals surface area contributed by atoms with Crippen LogP contribution in [0.2, 0.25) is 0 Å². The smallest absolute Gasteiger partial charge is 0.335 e. The number of nitrogens with one attached hydrogen (secondary N) is 1. The summed E-state index contributed by atoms with van der Waals surface area (Å²) in [6.45, 7) is 6.25. The fourth-order valence-corrected chi connectivity index (χ4v) is 10.9. The molecule has 0 aliphatic heterocycles. The van der Waals surface area contributed by atoms with E-state index < -0.39 is 48.9 Å². The molecule has 0 bridgehead atoms. The summed E-state index contributed by atoms with van der Waals surface area (Å²) in [5.74, 6) is -1.38. The molecule has 0 rings (SSSR count). The second-order valence-electron chi connectivity index (χ2n) is 23.5. The molecule has 0 saturated carbocycles. The Kier molecular flexibility index (Phi) is 58.5. The zero-order valence-corrected chi connectivity index (χ0v) is 50.0. The number of carbonyl (C=O) groups is 2. The molecule has 5 unspecified atom stereocenters. The van der Waals surface area contributed by atoms with Gasteiger partial charge in [0.05, 0.1) is 12.6 Å². The molecule has 5 N–H and O–H groups in total. The number of aliphatic hydroxyl groups is 4. The monoisotopic (exact) mass is 1050 g/mol. The first-order valence-electron chi connectivity index (χ1n) is 33.5. The van der Waals surface area contributed by atoms with E-state index in [1.807, 2.05) is 0 Å². The highest BCUT2D eigenvalue weighted by Crippen LogP contribution is 2.21. The molecule has 0 spiro atoms. The Labute approximate surface area is 461 Å². The number of unbranched alkanes of at least 4 members (excludes halogenated alkanes) is 49. The summed E-state index contributed by atoms with van der Waals surface area (Å²) in [7, 11) is 0. The molecule has 0 aromatic carbocycles. The maximum Gasteiger partial charge on any atom is 0.335 e. The lowest BCUT2D eigenvalue weighted by Crippen LogP contribution is -2.54. The predicted octanol–water partition coefficient (Wildman–Crippen LogP) is 19.0.